The number of rotatable bonds is 1. The van der Waals surface area contributed by atoms with Crippen LogP contribution in [-0.4, -0.2) is 36.3 Å². The molecule has 1 saturated heterocycles. The number of hydrogen-bond acceptors (Lipinski definition) is 3. The fraction of sp³-hybridized carbons (Fsp3) is 1.00. The number of hydroxylamine groups is 1. The topological polar surface area (TPSA) is 35.5 Å². The molecule has 0 atom stereocenters. The average molecular weight is 102 g/mol. The molecule has 0 radical (unpaired) electrons. The highest BCUT2D eigenvalue weighted by Crippen LogP contribution is 2.00. The summed E-state index contributed by atoms with van der Waals surface area (Å²) >= 11 is 0. The fourth-order valence-electron chi connectivity index (χ4n) is 0.781. The Labute approximate surface area is 42.9 Å². The first-order chi connectivity index (χ1) is 3.33. The van der Waals surface area contributed by atoms with Crippen molar-refractivity contribution in [2.45, 2.75) is 6.04 Å². The van der Waals surface area contributed by atoms with E-state index in [4.69, 9.17) is 5.21 Å². The Morgan fingerprint density at radius 1 is 1.71 bits per heavy atom. The van der Waals surface area contributed by atoms with Crippen LogP contribution in [0.2, 0.25) is 0 Å². The Morgan fingerprint density at radius 2 is 2.29 bits per heavy atom. The first kappa shape index (κ1) is 5.03. The molecule has 7 heavy (non-hydrogen) atoms. The molecule has 1 fully saturated rings. The van der Waals surface area contributed by atoms with Gasteiger partial charge in [0.15, 0.2) is 0 Å². The third-order valence-electron chi connectivity index (χ3n) is 1.25. The van der Waals surface area contributed by atoms with Gasteiger partial charge in [-0.2, -0.15) is 5.48 Å². The predicted octanol–water partition coefficient (Wildman–Crippen LogP) is -0.721. The molecule has 0 aliphatic carbocycles. The summed E-state index contributed by atoms with van der Waals surface area (Å²) in [6.07, 6.45) is 0. The number of hydrogen-bond donors (Lipinski definition) is 2. The lowest BCUT2D eigenvalue weighted by Gasteiger charge is -2.34. The molecule has 0 unspecified atom stereocenters. The van der Waals surface area contributed by atoms with Gasteiger partial charge in [-0.15, -0.1) is 0 Å². The third-order valence-corrected chi connectivity index (χ3v) is 1.25. The SMILES string of the molecule is CN1CC(NO)C1. The fourth-order valence-corrected chi connectivity index (χ4v) is 0.781. The van der Waals surface area contributed by atoms with Crippen molar-refractivity contribution in [3.8, 4) is 0 Å². The highest BCUT2D eigenvalue weighted by molar-refractivity contribution is 4.79. The van der Waals surface area contributed by atoms with Crippen LogP contribution in [0, 0.1) is 0 Å². The van der Waals surface area contributed by atoms with Crippen molar-refractivity contribution in [3.05, 3.63) is 0 Å². The first-order valence-corrected chi connectivity index (χ1v) is 2.41. The molecule has 0 saturated carbocycles. The van der Waals surface area contributed by atoms with E-state index in [1.807, 2.05) is 7.05 Å². The minimum absolute atomic E-state index is 0.324. The van der Waals surface area contributed by atoms with Crippen LogP contribution >= 0.6 is 0 Å². The maximum atomic E-state index is 8.23. The van der Waals surface area contributed by atoms with Gasteiger partial charge in [0.2, 0.25) is 0 Å². The van der Waals surface area contributed by atoms with Crippen LogP contribution in [0.5, 0.6) is 0 Å². The molecule has 0 aromatic rings. The van der Waals surface area contributed by atoms with E-state index in [2.05, 4.69) is 10.4 Å². The van der Waals surface area contributed by atoms with Crippen LogP contribution in [0.3, 0.4) is 0 Å². The Morgan fingerprint density at radius 3 is 2.43 bits per heavy atom. The molecule has 1 heterocycles. The quantitative estimate of drug-likeness (QED) is 0.429. The molecule has 3 heteroatoms. The van der Waals surface area contributed by atoms with Gasteiger partial charge in [0.25, 0.3) is 0 Å². The molecule has 0 bridgehead atoms. The van der Waals surface area contributed by atoms with Crippen LogP contribution in [-0.2, 0) is 0 Å². The summed E-state index contributed by atoms with van der Waals surface area (Å²) in [5.74, 6) is 0. The van der Waals surface area contributed by atoms with Crippen LogP contribution in [0.4, 0.5) is 0 Å². The average Bonchev–Trinajstić information content (AvgIpc) is 1.58. The van der Waals surface area contributed by atoms with E-state index >= 15 is 0 Å². The summed E-state index contributed by atoms with van der Waals surface area (Å²) in [6, 6.07) is 0.324. The van der Waals surface area contributed by atoms with E-state index in [1.165, 1.54) is 0 Å². The molecule has 0 aromatic heterocycles. The number of nitrogens with one attached hydrogen (secondary N) is 1. The summed E-state index contributed by atoms with van der Waals surface area (Å²) in [4.78, 5) is 2.13. The molecule has 1 aliphatic rings. The van der Waals surface area contributed by atoms with Crippen molar-refractivity contribution < 1.29 is 5.21 Å². The maximum absolute atomic E-state index is 8.23. The minimum atomic E-state index is 0.324. The number of likely N-dealkylation sites (tertiary alicyclic amines) is 1. The molecule has 42 valence electrons. The van der Waals surface area contributed by atoms with E-state index in [-0.39, 0.29) is 0 Å². The van der Waals surface area contributed by atoms with Gasteiger partial charge in [0.05, 0.1) is 6.04 Å². The Hall–Kier alpha value is -0.120. The van der Waals surface area contributed by atoms with E-state index < -0.39 is 0 Å². The second-order valence-electron chi connectivity index (χ2n) is 2.05. The van der Waals surface area contributed by atoms with Gasteiger partial charge < -0.3 is 10.1 Å². The van der Waals surface area contributed by atoms with E-state index in [0.717, 1.165) is 13.1 Å². The lowest BCUT2D eigenvalue weighted by atomic mass is 10.2. The van der Waals surface area contributed by atoms with Crippen molar-refractivity contribution >= 4 is 0 Å². The molecule has 0 spiro atoms. The normalized spacial score (nSPS) is 24.9. The molecular weight excluding hydrogens is 92.1 g/mol. The zero-order valence-electron chi connectivity index (χ0n) is 4.39. The molecular formula is C4H10N2O. The maximum Gasteiger partial charge on any atom is 0.0573 e. The van der Waals surface area contributed by atoms with Gasteiger partial charge in [-0.05, 0) is 7.05 Å². The highest BCUT2D eigenvalue weighted by atomic mass is 16.5. The Kier molecular flexibility index (Phi) is 1.27. The van der Waals surface area contributed by atoms with Gasteiger partial charge in [0, 0.05) is 13.1 Å². The summed E-state index contributed by atoms with van der Waals surface area (Å²) in [5, 5.41) is 8.23. The Bertz CT molecular complexity index is 60.7. The van der Waals surface area contributed by atoms with Crippen LogP contribution in [0.25, 0.3) is 0 Å². The van der Waals surface area contributed by atoms with Crippen molar-refractivity contribution in [2.24, 2.45) is 0 Å². The van der Waals surface area contributed by atoms with Gasteiger partial charge in [0.1, 0.15) is 0 Å². The van der Waals surface area contributed by atoms with Crippen molar-refractivity contribution in [1.29, 1.82) is 0 Å². The van der Waals surface area contributed by atoms with Crippen molar-refractivity contribution in [1.82, 2.24) is 10.4 Å². The van der Waals surface area contributed by atoms with Gasteiger partial charge >= 0.3 is 0 Å². The summed E-state index contributed by atoms with van der Waals surface area (Å²) in [5.41, 5.74) is 2.19. The number of likely N-dealkylation sites (N-methyl/N-ethyl adjacent to an activating group) is 1. The standard InChI is InChI=1S/C4H10N2O/c1-6-2-4(3-6)5-7/h4-5,7H,2-3H2,1H3. The lowest BCUT2D eigenvalue weighted by molar-refractivity contribution is 0.0413. The lowest BCUT2D eigenvalue weighted by Crippen LogP contribution is -2.54. The molecule has 2 N–H and O–H groups in total. The molecule has 3 nitrogen and oxygen atoms in total. The predicted molar refractivity (Wildman–Crippen MR) is 26.2 cm³/mol. The second kappa shape index (κ2) is 1.78. The minimum Gasteiger partial charge on any atom is -0.316 e. The van der Waals surface area contributed by atoms with Crippen molar-refractivity contribution in [3.63, 3.8) is 0 Å². The zero-order valence-corrected chi connectivity index (χ0v) is 4.39. The summed E-state index contributed by atoms with van der Waals surface area (Å²) in [7, 11) is 2.02. The Balaban J connectivity index is 2.06. The van der Waals surface area contributed by atoms with Gasteiger partial charge in [-0.3, -0.25) is 0 Å². The third kappa shape index (κ3) is 0.907. The monoisotopic (exact) mass is 102 g/mol. The molecule has 0 aromatic carbocycles. The first-order valence-electron chi connectivity index (χ1n) is 2.41. The van der Waals surface area contributed by atoms with E-state index in [0.29, 0.717) is 6.04 Å². The van der Waals surface area contributed by atoms with Crippen molar-refractivity contribution in [2.75, 3.05) is 20.1 Å². The largest absolute Gasteiger partial charge is 0.316 e. The summed E-state index contributed by atoms with van der Waals surface area (Å²) < 4.78 is 0. The van der Waals surface area contributed by atoms with Crippen LogP contribution in [0.1, 0.15) is 0 Å². The zero-order chi connectivity index (χ0) is 5.28. The van der Waals surface area contributed by atoms with Gasteiger partial charge in [-0.25, -0.2) is 0 Å². The molecule has 1 rings (SSSR count). The highest BCUT2D eigenvalue weighted by Gasteiger charge is 2.21. The van der Waals surface area contributed by atoms with E-state index in [1.54, 1.807) is 0 Å². The van der Waals surface area contributed by atoms with Crippen LogP contribution in [0.15, 0.2) is 0 Å². The van der Waals surface area contributed by atoms with Gasteiger partial charge in [-0.1, -0.05) is 0 Å². The molecule has 1 aliphatic heterocycles. The smallest absolute Gasteiger partial charge is 0.0573 e. The number of nitrogens with zero attached hydrogens (tertiary/aromatic N) is 1. The molecule has 0 amide bonds. The van der Waals surface area contributed by atoms with Crippen LogP contribution < -0.4 is 5.48 Å². The summed E-state index contributed by atoms with van der Waals surface area (Å²) in [6.45, 7) is 1.94. The van der Waals surface area contributed by atoms with E-state index in [9.17, 15) is 0 Å². The second-order valence-corrected chi connectivity index (χ2v) is 2.05.